The van der Waals surface area contributed by atoms with E-state index in [1.54, 1.807) is 0 Å². The van der Waals surface area contributed by atoms with E-state index in [9.17, 15) is 33.1 Å². The maximum Gasteiger partial charge on any atom is 0.407 e. The van der Waals surface area contributed by atoms with Gasteiger partial charge in [-0.3, -0.25) is 14.4 Å². The number of carbonyl (C=O) groups is 4. The summed E-state index contributed by atoms with van der Waals surface area (Å²) in [6.45, 7) is -4.21. The Labute approximate surface area is 297 Å². The average Bonchev–Trinajstić information content (AvgIpc) is 3.60. The van der Waals surface area contributed by atoms with Gasteiger partial charge < -0.3 is 35.9 Å². The number of alkyl halides is 2. The number of carboxylic acids is 1. The summed E-state index contributed by atoms with van der Waals surface area (Å²) in [5.74, 6) is -3.01. The van der Waals surface area contributed by atoms with Gasteiger partial charge in [0.1, 0.15) is 34.7 Å². The number of thioether (sulfide) groups is 1. The van der Waals surface area contributed by atoms with Gasteiger partial charge in [0.05, 0.1) is 0 Å². The number of aromatic nitrogens is 1. The van der Waals surface area contributed by atoms with Gasteiger partial charge in [0.2, 0.25) is 5.91 Å². The lowest BCUT2D eigenvalue weighted by Crippen LogP contribution is -2.74. The van der Waals surface area contributed by atoms with Crippen LogP contribution in [0, 0.1) is 5.41 Å². The number of β-lactam (4-membered cyclic amide) rings is 1. The van der Waals surface area contributed by atoms with Gasteiger partial charge in [-0.25, -0.2) is 9.78 Å². The molecule has 6 rings (SSSR count). The van der Waals surface area contributed by atoms with Crippen molar-refractivity contribution >= 4 is 57.8 Å². The zero-order valence-electron chi connectivity index (χ0n) is 26.5. The zero-order chi connectivity index (χ0) is 36.2. The smallest absolute Gasteiger partial charge is 0.407 e. The molecule has 3 heterocycles. The maximum atomic E-state index is 13.6. The lowest BCUT2D eigenvalue weighted by molar-refractivity contribution is -0.160. The SMILES string of the molecule is NC(=O)OCC1(C(=O)O)CS[C@@H]2C(NC(=O)C(=NOC(F)F)c3csc(NC(c4ccccc4)(c4ccccc4)c4ccccc4)n3)C(=O)N2C1. The molecule has 0 aliphatic carbocycles. The number of nitrogens with two attached hydrogens (primary N) is 1. The molecule has 4 aromatic rings. The molecule has 0 radical (unpaired) electrons. The highest BCUT2D eigenvalue weighted by Crippen LogP contribution is 2.43. The number of benzene rings is 3. The Morgan fingerprint density at radius 2 is 1.59 bits per heavy atom. The second kappa shape index (κ2) is 14.7. The first-order valence-corrected chi connectivity index (χ1v) is 17.3. The van der Waals surface area contributed by atoms with Crippen molar-refractivity contribution in [2.75, 3.05) is 24.2 Å². The van der Waals surface area contributed by atoms with Crippen molar-refractivity contribution < 1.29 is 42.6 Å². The van der Waals surface area contributed by atoms with Crippen LogP contribution in [0.25, 0.3) is 0 Å². The molecule has 2 saturated heterocycles. The Morgan fingerprint density at radius 3 is 2.10 bits per heavy atom. The molecule has 51 heavy (non-hydrogen) atoms. The molecule has 2 fully saturated rings. The minimum atomic E-state index is -3.35. The first-order chi connectivity index (χ1) is 24.5. The lowest BCUT2D eigenvalue weighted by Gasteiger charge is -2.53. The Morgan fingerprint density at radius 1 is 1.02 bits per heavy atom. The molecule has 3 aromatic carbocycles. The van der Waals surface area contributed by atoms with Crippen molar-refractivity contribution in [1.82, 2.24) is 15.2 Å². The standard InChI is InChI=1S/C34H30F2N6O7S2/c35-30(36)49-41-24(26(43)39-25-27(44)42-17-33(29(45)46,18-48-31(37)47)19-51-28(25)42)23-16-50-32(38-23)40-34(20-10-4-1-5-11-20,21-12-6-2-7-13-21)22-14-8-3-9-15-22/h1-16,25,28,30H,17-19H2,(H2,37,47)(H,38,40)(H,39,43)(H,45,46)/t25?,28-,33?/m1/s1. The molecule has 0 spiro atoms. The van der Waals surface area contributed by atoms with Gasteiger partial charge in [-0.15, -0.1) is 23.1 Å². The number of carbonyl (C=O) groups excluding carboxylic acids is 3. The summed E-state index contributed by atoms with van der Waals surface area (Å²) >= 11 is 2.15. The molecular formula is C34H30F2N6O7S2. The molecule has 2 aliphatic heterocycles. The molecule has 2 unspecified atom stereocenters. The van der Waals surface area contributed by atoms with Crippen molar-refractivity contribution in [2.45, 2.75) is 23.6 Å². The number of hydrogen-bond acceptors (Lipinski definition) is 11. The predicted molar refractivity (Wildman–Crippen MR) is 184 cm³/mol. The number of aliphatic carboxylic acids is 1. The van der Waals surface area contributed by atoms with Crippen LogP contribution >= 0.6 is 23.1 Å². The molecule has 0 bridgehead atoms. The quantitative estimate of drug-likeness (QED) is 0.0676. The molecule has 3 amide bonds. The third-order valence-electron chi connectivity index (χ3n) is 8.48. The van der Waals surface area contributed by atoms with Gasteiger partial charge in [-0.2, -0.15) is 8.78 Å². The number of ether oxygens (including phenoxy) is 1. The summed E-state index contributed by atoms with van der Waals surface area (Å²) in [7, 11) is 0. The monoisotopic (exact) mass is 736 g/mol. The number of anilines is 1. The number of halogens is 2. The third-order valence-corrected chi connectivity index (χ3v) is 10.8. The Bertz CT molecular complexity index is 1840. The molecule has 0 saturated carbocycles. The summed E-state index contributed by atoms with van der Waals surface area (Å²) < 4.78 is 31.1. The number of primary amides is 1. The van der Waals surface area contributed by atoms with E-state index >= 15 is 0 Å². The normalized spacial score (nSPS) is 20.2. The first-order valence-electron chi connectivity index (χ1n) is 15.4. The number of carboxylic acid groups (broad SMARTS) is 1. The number of hydrogen-bond donors (Lipinski definition) is 4. The van der Waals surface area contributed by atoms with Gasteiger partial charge in [-0.1, -0.05) is 96.2 Å². The fourth-order valence-electron chi connectivity index (χ4n) is 6.00. The fourth-order valence-corrected chi connectivity index (χ4v) is 8.28. The topological polar surface area (TPSA) is 186 Å². The van der Waals surface area contributed by atoms with Crippen LogP contribution in [0.15, 0.2) is 102 Å². The number of nitrogens with one attached hydrogen (secondary N) is 2. The predicted octanol–water partition coefficient (Wildman–Crippen LogP) is 4.06. The van der Waals surface area contributed by atoms with Crippen molar-refractivity contribution in [3.05, 3.63) is 119 Å². The van der Waals surface area contributed by atoms with Crippen LogP contribution in [0.3, 0.4) is 0 Å². The Kier molecular flexibility index (Phi) is 10.2. The van der Waals surface area contributed by atoms with Crippen LogP contribution in [0.4, 0.5) is 18.7 Å². The third kappa shape index (κ3) is 7.07. The molecular weight excluding hydrogens is 707 g/mol. The Hall–Kier alpha value is -5.55. The molecule has 17 heteroatoms. The van der Waals surface area contributed by atoms with E-state index in [0.29, 0.717) is 5.13 Å². The van der Waals surface area contributed by atoms with E-state index < -0.39 is 65.2 Å². The van der Waals surface area contributed by atoms with Crippen LogP contribution < -0.4 is 16.4 Å². The average molecular weight is 737 g/mol. The number of nitrogens with zero attached hydrogens (tertiary/aromatic N) is 3. The number of oxime groups is 1. The summed E-state index contributed by atoms with van der Waals surface area (Å²) in [6.07, 6.45) is -1.16. The Balaban J connectivity index is 1.27. The van der Waals surface area contributed by atoms with Crippen LogP contribution in [-0.4, -0.2) is 81.5 Å². The minimum Gasteiger partial charge on any atom is -0.481 e. The fraction of sp³-hybridized carbons (Fsp3) is 0.235. The van der Waals surface area contributed by atoms with Crippen LogP contribution in [0.5, 0.6) is 0 Å². The van der Waals surface area contributed by atoms with E-state index in [-0.39, 0.29) is 18.0 Å². The molecule has 2 aliphatic rings. The zero-order valence-corrected chi connectivity index (χ0v) is 28.1. The van der Waals surface area contributed by atoms with Crippen molar-refractivity contribution in [1.29, 1.82) is 0 Å². The first kappa shape index (κ1) is 35.3. The second-order valence-corrected chi connectivity index (χ2v) is 13.6. The van der Waals surface area contributed by atoms with Crippen molar-refractivity contribution in [3.63, 3.8) is 0 Å². The van der Waals surface area contributed by atoms with E-state index in [0.717, 1.165) is 39.8 Å². The van der Waals surface area contributed by atoms with Crippen molar-refractivity contribution in [2.24, 2.45) is 16.3 Å². The minimum absolute atomic E-state index is 0.0705. The maximum absolute atomic E-state index is 13.6. The van der Waals surface area contributed by atoms with Gasteiger partial charge in [0.25, 0.3) is 5.91 Å². The molecule has 264 valence electrons. The van der Waals surface area contributed by atoms with Gasteiger partial charge >= 0.3 is 18.7 Å². The second-order valence-electron chi connectivity index (χ2n) is 11.6. The number of fused-ring (bicyclic) bond motifs is 1. The van der Waals surface area contributed by atoms with Crippen molar-refractivity contribution in [3.8, 4) is 0 Å². The molecule has 13 nitrogen and oxygen atoms in total. The van der Waals surface area contributed by atoms with E-state index in [1.165, 1.54) is 10.3 Å². The van der Waals surface area contributed by atoms with E-state index in [4.69, 9.17) is 10.5 Å². The van der Waals surface area contributed by atoms with E-state index in [1.807, 2.05) is 91.0 Å². The van der Waals surface area contributed by atoms with E-state index in [2.05, 4.69) is 25.6 Å². The lowest BCUT2D eigenvalue weighted by atomic mass is 9.77. The van der Waals surface area contributed by atoms with Crippen LogP contribution in [-0.2, 0) is 29.5 Å². The summed E-state index contributed by atoms with van der Waals surface area (Å²) in [5.41, 5.74) is 4.33. The summed E-state index contributed by atoms with van der Waals surface area (Å²) in [4.78, 5) is 59.9. The largest absolute Gasteiger partial charge is 0.481 e. The highest BCUT2D eigenvalue weighted by Gasteiger charge is 2.58. The molecule has 5 N–H and O–H groups in total. The molecule has 1 aromatic heterocycles. The van der Waals surface area contributed by atoms with Gasteiger partial charge in [0.15, 0.2) is 10.8 Å². The summed E-state index contributed by atoms with van der Waals surface area (Å²) in [5, 5.41) is 20.4. The van der Waals surface area contributed by atoms with Crippen LogP contribution in [0.2, 0.25) is 0 Å². The van der Waals surface area contributed by atoms with Gasteiger partial charge in [-0.05, 0) is 16.7 Å². The number of rotatable bonds is 13. The number of thiazole rings is 1. The molecule has 3 atom stereocenters. The highest BCUT2D eigenvalue weighted by molar-refractivity contribution is 8.00. The summed E-state index contributed by atoms with van der Waals surface area (Å²) in [6, 6.07) is 27.8. The highest BCUT2D eigenvalue weighted by atomic mass is 32.2. The number of amides is 3. The van der Waals surface area contributed by atoms with Crippen LogP contribution in [0.1, 0.15) is 22.4 Å². The van der Waals surface area contributed by atoms with Gasteiger partial charge in [0, 0.05) is 17.7 Å².